The highest BCUT2D eigenvalue weighted by atomic mass is 16.1. The van der Waals surface area contributed by atoms with Crippen LogP contribution in [0.5, 0.6) is 0 Å². The smallest absolute Gasteiger partial charge is 0.326 e. The summed E-state index contributed by atoms with van der Waals surface area (Å²) < 4.78 is 1.71. The number of hydrogen-bond acceptors (Lipinski definition) is 5. The molecule has 4 rings (SSSR count). The second-order valence-electron chi connectivity index (χ2n) is 6.76. The van der Waals surface area contributed by atoms with Crippen LogP contribution in [-0.4, -0.2) is 26.1 Å². The third-order valence-electron chi connectivity index (χ3n) is 4.84. The van der Waals surface area contributed by atoms with Gasteiger partial charge in [-0.25, -0.2) is 14.8 Å². The van der Waals surface area contributed by atoms with Gasteiger partial charge in [-0.05, 0) is 43.2 Å². The van der Waals surface area contributed by atoms with Gasteiger partial charge in [0.25, 0.3) is 0 Å². The summed E-state index contributed by atoms with van der Waals surface area (Å²) in [5.41, 5.74) is 4.66. The molecule has 0 saturated carbocycles. The van der Waals surface area contributed by atoms with Gasteiger partial charge in [-0.15, -0.1) is 0 Å². The van der Waals surface area contributed by atoms with E-state index in [1.807, 2.05) is 19.1 Å². The van der Waals surface area contributed by atoms with E-state index in [4.69, 9.17) is 0 Å². The molecule has 0 aliphatic rings. The van der Waals surface area contributed by atoms with Gasteiger partial charge in [-0.3, -0.25) is 4.57 Å². The van der Waals surface area contributed by atoms with E-state index in [0.717, 1.165) is 46.4 Å². The van der Waals surface area contributed by atoms with Gasteiger partial charge in [0.05, 0.1) is 16.6 Å². The van der Waals surface area contributed by atoms with Gasteiger partial charge in [0.1, 0.15) is 12.1 Å². The van der Waals surface area contributed by atoms with E-state index >= 15 is 0 Å². The van der Waals surface area contributed by atoms with Gasteiger partial charge in [-0.2, -0.15) is 0 Å². The van der Waals surface area contributed by atoms with Crippen LogP contribution in [-0.2, 0) is 13.1 Å². The zero-order valence-electron chi connectivity index (χ0n) is 16.1. The lowest BCUT2D eigenvalue weighted by Crippen LogP contribution is -2.14. The molecule has 0 amide bonds. The number of hydrogen-bond donors (Lipinski definition) is 3. The Morgan fingerprint density at radius 2 is 1.89 bits per heavy atom. The number of fused-ring (bicyclic) bond motifs is 2. The number of aryl methyl sites for hydroxylation is 1. The molecule has 0 bridgehead atoms. The van der Waals surface area contributed by atoms with E-state index in [1.54, 1.807) is 10.9 Å². The number of H-pyrrole nitrogens is 1. The second-order valence-corrected chi connectivity index (χ2v) is 6.76. The molecule has 28 heavy (non-hydrogen) atoms. The third-order valence-corrected chi connectivity index (χ3v) is 4.84. The average Bonchev–Trinajstić information content (AvgIpc) is 3.03. The van der Waals surface area contributed by atoms with Gasteiger partial charge >= 0.3 is 5.69 Å². The van der Waals surface area contributed by atoms with Gasteiger partial charge in [-0.1, -0.05) is 19.1 Å². The number of nitrogens with one attached hydrogen (secondary N) is 3. The van der Waals surface area contributed by atoms with Crippen LogP contribution in [0.15, 0.2) is 47.5 Å². The van der Waals surface area contributed by atoms with Crippen LogP contribution < -0.4 is 16.3 Å². The molecule has 2 heterocycles. The molecular formula is C21H24N6O. The first-order chi connectivity index (χ1) is 13.7. The van der Waals surface area contributed by atoms with E-state index in [-0.39, 0.29) is 5.69 Å². The maximum absolute atomic E-state index is 12.1. The number of anilines is 2. The Kier molecular flexibility index (Phi) is 4.97. The highest BCUT2D eigenvalue weighted by Gasteiger charge is 2.10. The summed E-state index contributed by atoms with van der Waals surface area (Å²) in [6.45, 7) is 6.35. The van der Waals surface area contributed by atoms with Crippen LogP contribution in [0.25, 0.3) is 21.9 Å². The van der Waals surface area contributed by atoms with Crippen LogP contribution in [0, 0.1) is 0 Å². The molecule has 144 valence electrons. The molecule has 0 saturated heterocycles. The molecule has 7 nitrogen and oxygen atoms in total. The van der Waals surface area contributed by atoms with Crippen molar-refractivity contribution in [3.05, 3.63) is 58.8 Å². The van der Waals surface area contributed by atoms with E-state index in [1.165, 1.54) is 5.56 Å². The molecule has 0 aliphatic carbocycles. The highest BCUT2D eigenvalue weighted by Crippen LogP contribution is 2.24. The van der Waals surface area contributed by atoms with Crippen molar-refractivity contribution >= 4 is 33.4 Å². The minimum absolute atomic E-state index is 0.105. The summed E-state index contributed by atoms with van der Waals surface area (Å²) in [6, 6.07) is 12.3. The molecule has 0 spiro atoms. The minimum atomic E-state index is -0.105. The van der Waals surface area contributed by atoms with Crippen molar-refractivity contribution in [3.8, 4) is 0 Å². The maximum Gasteiger partial charge on any atom is 0.326 e. The van der Waals surface area contributed by atoms with E-state index in [9.17, 15) is 4.79 Å². The maximum atomic E-state index is 12.1. The molecule has 0 unspecified atom stereocenters. The molecule has 0 atom stereocenters. The quantitative estimate of drug-likeness (QED) is 0.457. The Bertz CT molecular complexity index is 1160. The molecule has 2 aromatic heterocycles. The van der Waals surface area contributed by atoms with E-state index in [0.29, 0.717) is 13.1 Å². The monoisotopic (exact) mass is 376 g/mol. The Morgan fingerprint density at radius 3 is 2.64 bits per heavy atom. The van der Waals surface area contributed by atoms with Gasteiger partial charge in [0, 0.05) is 30.7 Å². The predicted molar refractivity (Wildman–Crippen MR) is 114 cm³/mol. The van der Waals surface area contributed by atoms with E-state index < -0.39 is 0 Å². The van der Waals surface area contributed by atoms with Crippen LogP contribution in [0.1, 0.15) is 25.8 Å². The van der Waals surface area contributed by atoms with Crippen molar-refractivity contribution in [2.75, 3.05) is 17.2 Å². The number of aromatic amines is 1. The number of aromatic nitrogens is 4. The fraction of sp³-hybridized carbons (Fsp3) is 0.286. The van der Waals surface area contributed by atoms with Crippen molar-refractivity contribution in [2.45, 2.75) is 33.4 Å². The van der Waals surface area contributed by atoms with Crippen LogP contribution in [0.4, 0.5) is 11.5 Å². The molecule has 2 aromatic carbocycles. The Labute approximate surface area is 162 Å². The molecule has 7 heteroatoms. The highest BCUT2D eigenvalue weighted by molar-refractivity contribution is 5.98. The van der Waals surface area contributed by atoms with Crippen LogP contribution in [0.2, 0.25) is 0 Å². The summed E-state index contributed by atoms with van der Waals surface area (Å²) in [5.74, 6) is 0.755. The Balaban J connectivity index is 1.60. The SMILES string of the molecule is CCCNc1ccc(CNc2ncnc3cc4c(cc23)[nH]c(=O)n4CC)cc1. The molecule has 4 aromatic rings. The zero-order valence-corrected chi connectivity index (χ0v) is 16.1. The largest absolute Gasteiger partial charge is 0.385 e. The van der Waals surface area contributed by atoms with Crippen molar-refractivity contribution in [3.63, 3.8) is 0 Å². The van der Waals surface area contributed by atoms with Gasteiger partial charge < -0.3 is 15.6 Å². The standard InChI is InChI=1S/C21H24N6O/c1-3-9-22-15-7-5-14(6-8-15)12-23-20-16-10-18-19(11-17(16)24-13-25-20)27(4-2)21(28)26-18/h5-8,10-11,13,22H,3-4,9,12H2,1-2H3,(H,26,28)(H,23,24,25). The van der Waals surface area contributed by atoms with Gasteiger partial charge in [0.2, 0.25) is 0 Å². The molecular weight excluding hydrogens is 352 g/mol. The fourth-order valence-corrected chi connectivity index (χ4v) is 3.36. The first-order valence-electron chi connectivity index (χ1n) is 9.63. The topological polar surface area (TPSA) is 87.6 Å². The minimum Gasteiger partial charge on any atom is -0.385 e. The second kappa shape index (κ2) is 7.72. The normalized spacial score (nSPS) is 11.2. The summed E-state index contributed by atoms with van der Waals surface area (Å²) in [5, 5.41) is 7.66. The predicted octanol–water partition coefficient (Wildman–Crippen LogP) is 3.73. The number of rotatable bonds is 7. The average molecular weight is 376 g/mol. The lowest BCUT2D eigenvalue weighted by molar-refractivity contribution is 0.753. The van der Waals surface area contributed by atoms with Crippen LogP contribution in [0.3, 0.4) is 0 Å². The molecule has 0 radical (unpaired) electrons. The van der Waals surface area contributed by atoms with Crippen LogP contribution >= 0.6 is 0 Å². The zero-order chi connectivity index (χ0) is 19.5. The first kappa shape index (κ1) is 18.0. The number of imidazole rings is 1. The van der Waals surface area contributed by atoms with Crippen molar-refractivity contribution < 1.29 is 0 Å². The summed E-state index contributed by atoms with van der Waals surface area (Å²) >= 11 is 0. The Hall–Kier alpha value is -3.35. The first-order valence-corrected chi connectivity index (χ1v) is 9.63. The van der Waals surface area contributed by atoms with E-state index in [2.05, 4.69) is 56.8 Å². The molecule has 3 N–H and O–H groups in total. The van der Waals surface area contributed by atoms with Gasteiger partial charge in [0.15, 0.2) is 0 Å². The van der Waals surface area contributed by atoms with Crippen molar-refractivity contribution in [1.82, 2.24) is 19.5 Å². The lowest BCUT2D eigenvalue weighted by Gasteiger charge is -2.10. The number of nitrogens with zero attached hydrogens (tertiary/aromatic N) is 3. The molecule has 0 aliphatic heterocycles. The lowest BCUT2D eigenvalue weighted by atomic mass is 10.2. The summed E-state index contributed by atoms with van der Waals surface area (Å²) in [4.78, 5) is 23.8. The van der Waals surface area contributed by atoms with Crippen molar-refractivity contribution in [1.29, 1.82) is 0 Å². The summed E-state index contributed by atoms with van der Waals surface area (Å²) in [6.07, 6.45) is 2.65. The Morgan fingerprint density at radius 1 is 1.07 bits per heavy atom. The number of benzene rings is 2. The third kappa shape index (κ3) is 3.43. The van der Waals surface area contributed by atoms with Crippen molar-refractivity contribution in [2.24, 2.45) is 0 Å². The fourth-order valence-electron chi connectivity index (χ4n) is 3.36. The molecule has 0 fully saturated rings. The summed E-state index contributed by atoms with van der Waals surface area (Å²) in [7, 11) is 0.